The molecule has 0 spiro atoms. The number of nitro benzene ring substituents is 1. The Labute approximate surface area is 134 Å². The van der Waals surface area contributed by atoms with Crippen LogP contribution in [0.15, 0.2) is 52.4 Å². The number of hydrogen-bond acceptors (Lipinski definition) is 4. The fourth-order valence-corrected chi connectivity index (χ4v) is 2.55. The van der Waals surface area contributed by atoms with Gasteiger partial charge in [-0.1, -0.05) is 13.8 Å². The van der Waals surface area contributed by atoms with Gasteiger partial charge in [0.1, 0.15) is 0 Å². The number of aliphatic imine (C=N–C) groups is 2. The Morgan fingerprint density at radius 1 is 1.17 bits per heavy atom. The van der Waals surface area contributed by atoms with Gasteiger partial charge in [0.15, 0.2) is 0 Å². The molecule has 1 aliphatic rings. The molecule has 0 unspecified atom stereocenters. The first-order chi connectivity index (χ1) is 10.9. The van der Waals surface area contributed by atoms with E-state index in [-0.39, 0.29) is 11.1 Å². The predicted octanol–water partition coefficient (Wildman–Crippen LogP) is 4.73. The summed E-state index contributed by atoms with van der Waals surface area (Å²) in [6, 6.07) is 12.3. The van der Waals surface area contributed by atoms with Gasteiger partial charge in [-0.25, -0.2) is 0 Å². The Bertz CT molecular complexity index is 834. The van der Waals surface area contributed by atoms with Gasteiger partial charge in [0.05, 0.1) is 16.3 Å². The molecular formula is C18H17N3O2. The molecule has 5 nitrogen and oxygen atoms in total. The van der Waals surface area contributed by atoms with Gasteiger partial charge in [0, 0.05) is 29.5 Å². The zero-order valence-electron chi connectivity index (χ0n) is 13.3. The summed E-state index contributed by atoms with van der Waals surface area (Å²) < 4.78 is 0. The molecule has 0 bridgehead atoms. The van der Waals surface area contributed by atoms with E-state index in [1.54, 1.807) is 18.3 Å². The van der Waals surface area contributed by atoms with Crippen molar-refractivity contribution < 1.29 is 4.92 Å². The van der Waals surface area contributed by atoms with Crippen molar-refractivity contribution in [2.75, 3.05) is 0 Å². The highest BCUT2D eigenvalue weighted by Crippen LogP contribution is 2.41. The number of non-ortho nitro benzene ring substituents is 1. The highest BCUT2D eigenvalue weighted by atomic mass is 16.6. The molecule has 0 aromatic heterocycles. The van der Waals surface area contributed by atoms with Crippen LogP contribution in [0.4, 0.5) is 17.1 Å². The number of benzene rings is 2. The highest BCUT2D eigenvalue weighted by Gasteiger charge is 2.32. The van der Waals surface area contributed by atoms with E-state index >= 15 is 0 Å². The van der Waals surface area contributed by atoms with Crippen LogP contribution in [0.25, 0.3) is 0 Å². The Hall–Kier alpha value is -2.82. The van der Waals surface area contributed by atoms with Crippen LogP contribution in [0, 0.1) is 10.1 Å². The van der Waals surface area contributed by atoms with Gasteiger partial charge < -0.3 is 0 Å². The van der Waals surface area contributed by atoms with E-state index in [9.17, 15) is 10.1 Å². The average molecular weight is 307 g/mol. The third kappa shape index (κ3) is 2.77. The molecule has 0 amide bonds. The molecule has 5 heteroatoms. The van der Waals surface area contributed by atoms with E-state index in [2.05, 4.69) is 29.9 Å². The Morgan fingerprint density at radius 2 is 1.87 bits per heavy atom. The van der Waals surface area contributed by atoms with Crippen molar-refractivity contribution >= 4 is 29.0 Å². The first-order valence-electron chi connectivity index (χ1n) is 7.37. The standard InChI is InChI=1S/C18H17N3O2/c1-12-18(2,3)16-10-14(6-9-17(16)20-12)19-11-13-4-7-15(8-5-13)21(22)23/h4-11H,1-3H3. The van der Waals surface area contributed by atoms with E-state index in [4.69, 9.17) is 0 Å². The summed E-state index contributed by atoms with van der Waals surface area (Å²) in [6.07, 6.45) is 1.71. The highest BCUT2D eigenvalue weighted by molar-refractivity contribution is 6.00. The number of fused-ring (bicyclic) bond motifs is 1. The molecule has 1 heterocycles. The first-order valence-corrected chi connectivity index (χ1v) is 7.37. The summed E-state index contributed by atoms with van der Waals surface area (Å²) in [4.78, 5) is 19.3. The average Bonchev–Trinajstić information content (AvgIpc) is 2.75. The van der Waals surface area contributed by atoms with Gasteiger partial charge >= 0.3 is 0 Å². The van der Waals surface area contributed by atoms with Gasteiger partial charge in [-0.05, 0) is 48.4 Å². The number of nitro groups is 1. The van der Waals surface area contributed by atoms with Gasteiger partial charge in [0.25, 0.3) is 5.69 Å². The molecule has 2 aromatic rings. The summed E-state index contributed by atoms with van der Waals surface area (Å²) in [6.45, 7) is 6.35. The lowest BCUT2D eigenvalue weighted by molar-refractivity contribution is -0.384. The Kier molecular flexibility index (Phi) is 3.56. The molecule has 0 fully saturated rings. The van der Waals surface area contributed by atoms with Crippen LogP contribution in [0.5, 0.6) is 0 Å². The van der Waals surface area contributed by atoms with Crippen molar-refractivity contribution in [2.45, 2.75) is 26.2 Å². The molecule has 0 aliphatic carbocycles. The molecule has 1 aliphatic heterocycles. The maximum atomic E-state index is 10.6. The zero-order valence-corrected chi connectivity index (χ0v) is 13.3. The summed E-state index contributed by atoms with van der Waals surface area (Å²) >= 11 is 0. The van der Waals surface area contributed by atoms with Gasteiger partial charge in [-0.15, -0.1) is 0 Å². The minimum atomic E-state index is -0.411. The van der Waals surface area contributed by atoms with Crippen LogP contribution in [-0.4, -0.2) is 16.8 Å². The van der Waals surface area contributed by atoms with E-state index < -0.39 is 4.92 Å². The van der Waals surface area contributed by atoms with E-state index in [1.807, 2.05) is 19.1 Å². The topological polar surface area (TPSA) is 67.9 Å². The van der Waals surface area contributed by atoms with Gasteiger partial charge in [-0.2, -0.15) is 0 Å². The molecule has 116 valence electrons. The molecular weight excluding hydrogens is 290 g/mol. The van der Waals surface area contributed by atoms with Crippen molar-refractivity contribution in [1.82, 2.24) is 0 Å². The second-order valence-corrected chi connectivity index (χ2v) is 6.13. The summed E-state index contributed by atoms with van der Waals surface area (Å²) in [5.41, 5.74) is 4.95. The van der Waals surface area contributed by atoms with Crippen molar-refractivity contribution in [2.24, 2.45) is 9.98 Å². The van der Waals surface area contributed by atoms with Crippen LogP contribution in [0.3, 0.4) is 0 Å². The van der Waals surface area contributed by atoms with Gasteiger partial charge in [-0.3, -0.25) is 20.1 Å². The van der Waals surface area contributed by atoms with Crippen molar-refractivity contribution in [3.8, 4) is 0 Å². The lowest BCUT2D eigenvalue weighted by atomic mass is 9.82. The van der Waals surface area contributed by atoms with Crippen LogP contribution in [0.1, 0.15) is 31.9 Å². The molecule has 3 rings (SSSR count). The maximum Gasteiger partial charge on any atom is 0.269 e. The largest absolute Gasteiger partial charge is 0.269 e. The van der Waals surface area contributed by atoms with Crippen LogP contribution < -0.4 is 0 Å². The summed E-state index contributed by atoms with van der Waals surface area (Å²) in [5.74, 6) is 0. The first kappa shape index (κ1) is 15.1. The lowest BCUT2D eigenvalue weighted by Gasteiger charge is -2.19. The maximum absolute atomic E-state index is 10.6. The van der Waals surface area contributed by atoms with E-state index in [0.29, 0.717) is 0 Å². The third-order valence-electron chi connectivity index (χ3n) is 4.31. The normalized spacial score (nSPS) is 15.5. The van der Waals surface area contributed by atoms with Gasteiger partial charge in [0.2, 0.25) is 0 Å². The molecule has 2 aromatic carbocycles. The third-order valence-corrected chi connectivity index (χ3v) is 4.31. The van der Waals surface area contributed by atoms with E-state index in [1.165, 1.54) is 17.7 Å². The molecule has 0 saturated carbocycles. The van der Waals surface area contributed by atoms with E-state index in [0.717, 1.165) is 22.6 Å². The molecule has 0 N–H and O–H groups in total. The van der Waals surface area contributed by atoms with Crippen LogP contribution in [-0.2, 0) is 5.41 Å². The van der Waals surface area contributed by atoms with Crippen LogP contribution >= 0.6 is 0 Å². The van der Waals surface area contributed by atoms with Crippen molar-refractivity contribution in [3.05, 3.63) is 63.7 Å². The number of rotatable bonds is 3. The SMILES string of the molecule is CC1=Nc2ccc(N=Cc3ccc([N+](=O)[O-])cc3)cc2C1(C)C. The Morgan fingerprint density at radius 3 is 2.52 bits per heavy atom. The second-order valence-electron chi connectivity index (χ2n) is 6.13. The number of hydrogen-bond donors (Lipinski definition) is 0. The fraction of sp³-hybridized carbons (Fsp3) is 0.222. The molecule has 23 heavy (non-hydrogen) atoms. The second kappa shape index (κ2) is 5.43. The molecule has 0 atom stereocenters. The zero-order chi connectivity index (χ0) is 16.6. The minimum absolute atomic E-state index is 0.0752. The molecule has 0 radical (unpaired) electrons. The summed E-state index contributed by atoms with van der Waals surface area (Å²) in [5, 5.41) is 10.6. The quantitative estimate of drug-likeness (QED) is 0.467. The van der Waals surface area contributed by atoms with Crippen LogP contribution in [0.2, 0.25) is 0 Å². The number of nitrogens with zero attached hydrogens (tertiary/aromatic N) is 3. The summed E-state index contributed by atoms with van der Waals surface area (Å²) in [7, 11) is 0. The van der Waals surface area contributed by atoms with Crippen molar-refractivity contribution in [3.63, 3.8) is 0 Å². The minimum Gasteiger partial charge on any atom is -0.258 e. The smallest absolute Gasteiger partial charge is 0.258 e. The monoisotopic (exact) mass is 307 g/mol. The van der Waals surface area contributed by atoms with Crippen molar-refractivity contribution in [1.29, 1.82) is 0 Å². The Balaban J connectivity index is 1.85. The predicted molar refractivity (Wildman–Crippen MR) is 92.6 cm³/mol. The lowest BCUT2D eigenvalue weighted by Crippen LogP contribution is -2.22. The fourth-order valence-electron chi connectivity index (χ4n) is 2.55. The molecule has 0 saturated heterocycles.